The first-order valence-corrected chi connectivity index (χ1v) is 7.87. The molecule has 3 aromatic carbocycles. The maximum Gasteiger partial charge on any atom is 0.415 e. The normalized spacial score (nSPS) is 11.8. The number of carbonyl (C=O) groups is 1. The minimum absolute atomic E-state index is 0.325. The number of ether oxygens (including phenoxy) is 1. The fourth-order valence-corrected chi connectivity index (χ4v) is 2.71. The first kappa shape index (κ1) is 17.6. The number of alkyl halides is 2. The van der Waals surface area contributed by atoms with E-state index >= 15 is 0 Å². The van der Waals surface area contributed by atoms with Gasteiger partial charge in [0.15, 0.2) is 0 Å². The molecular formula is C17H12F2O5S. The Bertz CT molecular complexity index is 916. The molecule has 0 aromatic heterocycles. The Morgan fingerprint density at radius 3 is 2.48 bits per heavy atom. The van der Waals surface area contributed by atoms with E-state index in [1.54, 1.807) is 12.1 Å². The van der Waals surface area contributed by atoms with E-state index in [4.69, 9.17) is 5.26 Å². The minimum Gasteiger partial charge on any atom is -0.456 e. The third-order valence-corrected chi connectivity index (χ3v) is 4.09. The van der Waals surface area contributed by atoms with Crippen LogP contribution in [-0.4, -0.2) is 16.5 Å². The van der Waals surface area contributed by atoms with Crippen LogP contribution in [0.25, 0.3) is 21.5 Å². The smallest absolute Gasteiger partial charge is 0.415 e. The van der Waals surface area contributed by atoms with Crippen molar-refractivity contribution in [1.29, 1.82) is 0 Å². The maximum atomic E-state index is 13.3. The molecule has 0 spiro atoms. The van der Waals surface area contributed by atoms with Gasteiger partial charge in [0.25, 0.3) is 0 Å². The lowest BCUT2D eigenvalue weighted by molar-refractivity contribution is -0.433. The van der Waals surface area contributed by atoms with E-state index in [1.807, 2.05) is 42.5 Å². The Morgan fingerprint density at radius 2 is 1.72 bits per heavy atom. The fourth-order valence-electron chi connectivity index (χ4n) is 2.46. The van der Waals surface area contributed by atoms with Crippen LogP contribution in [0.2, 0.25) is 0 Å². The van der Waals surface area contributed by atoms with Gasteiger partial charge in [0.2, 0.25) is 0 Å². The van der Waals surface area contributed by atoms with Crippen LogP contribution in [0.1, 0.15) is 5.56 Å². The van der Waals surface area contributed by atoms with E-state index in [0.29, 0.717) is 5.56 Å². The topological polar surface area (TPSA) is 65.0 Å². The average Bonchev–Trinajstić information content (AvgIpc) is 2.64. The second-order valence-electron chi connectivity index (χ2n) is 5.16. The first-order chi connectivity index (χ1) is 12.0. The van der Waals surface area contributed by atoms with Gasteiger partial charge in [0, 0.05) is 0 Å². The molecule has 0 unspecified atom stereocenters. The van der Waals surface area contributed by atoms with Crippen LogP contribution < -0.4 is 0 Å². The van der Waals surface area contributed by atoms with Gasteiger partial charge < -0.3 is 4.74 Å². The third kappa shape index (κ3) is 3.88. The molecule has 3 rings (SSSR count). The van der Waals surface area contributed by atoms with Crippen LogP contribution in [0, 0.1) is 0 Å². The Hall–Kier alpha value is -2.26. The van der Waals surface area contributed by atoms with E-state index in [2.05, 4.69) is 14.1 Å². The van der Waals surface area contributed by atoms with E-state index in [-0.39, 0.29) is 6.61 Å². The van der Waals surface area contributed by atoms with E-state index in [1.165, 1.54) is 0 Å². The van der Waals surface area contributed by atoms with Crippen molar-refractivity contribution < 1.29 is 32.9 Å². The van der Waals surface area contributed by atoms with Crippen LogP contribution in [-0.2, 0) is 25.5 Å². The standard InChI is InChI=1S/C17H12F2O5S/c18-17(19,25-24-23-21)16(20)22-10-11-5-6-13-8-7-12-3-1-2-4-14(12)15(13)9-11/h1-9,21H,10H2. The quantitative estimate of drug-likeness (QED) is 0.224. The number of hydrogen-bond acceptors (Lipinski definition) is 6. The zero-order valence-corrected chi connectivity index (χ0v) is 13.5. The van der Waals surface area contributed by atoms with Crippen LogP contribution in [0.5, 0.6) is 0 Å². The molecule has 0 radical (unpaired) electrons. The number of hydrogen-bond donors (Lipinski definition) is 1. The molecule has 1 N–H and O–H groups in total. The van der Waals surface area contributed by atoms with Gasteiger partial charge in [-0.2, -0.15) is 8.78 Å². The van der Waals surface area contributed by atoms with Gasteiger partial charge in [-0.25, -0.2) is 10.1 Å². The summed E-state index contributed by atoms with van der Waals surface area (Å²) in [6, 6.07) is 17.1. The molecule has 0 aliphatic rings. The third-order valence-electron chi connectivity index (χ3n) is 3.59. The molecule has 0 saturated carbocycles. The van der Waals surface area contributed by atoms with Gasteiger partial charge >= 0.3 is 11.2 Å². The van der Waals surface area contributed by atoms with E-state index < -0.39 is 23.3 Å². The molecule has 0 bridgehead atoms. The average molecular weight is 366 g/mol. The summed E-state index contributed by atoms with van der Waals surface area (Å²) in [6.07, 6.45) is 0. The summed E-state index contributed by atoms with van der Waals surface area (Å²) in [5, 5.41) is 10.9. The molecule has 5 nitrogen and oxygen atoms in total. The molecule has 0 aliphatic carbocycles. The minimum atomic E-state index is -4.01. The van der Waals surface area contributed by atoms with Crippen LogP contribution in [0.3, 0.4) is 0 Å². The van der Waals surface area contributed by atoms with Crippen molar-refractivity contribution in [1.82, 2.24) is 0 Å². The van der Waals surface area contributed by atoms with Crippen molar-refractivity contribution in [3.05, 3.63) is 60.2 Å². The summed E-state index contributed by atoms with van der Waals surface area (Å²) >= 11 is -0.654. The molecule has 130 valence electrons. The number of rotatable bonds is 6. The van der Waals surface area contributed by atoms with Gasteiger partial charge in [0.1, 0.15) is 18.6 Å². The maximum absolute atomic E-state index is 13.3. The molecule has 8 heteroatoms. The van der Waals surface area contributed by atoms with E-state index in [9.17, 15) is 13.6 Å². The molecule has 25 heavy (non-hydrogen) atoms. The van der Waals surface area contributed by atoms with Gasteiger partial charge in [0.05, 0.1) is 0 Å². The van der Waals surface area contributed by atoms with Crippen LogP contribution in [0.4, 0.5) is 8.78 Å². The van der Waals surface area contributed by atoms with Crippen molar-refractivity contribution in [3.63, 3.8) is 0 Å². The van der Waals surface area contributed by atoms with Gasteiger partial charge in [-0.1, -0.05) is 53.6 Å². The Balaban J connectivity index is 1.80. The summed E-state index contributed by atoms with van der Waals surface area (Å²) in [5.41, 5.74) is 0.567. The molecule has 0 heterocycles. The molecule has 0 aliphatic heterocycles. The highest BCUT2D eigenvalue weighted by Gasteiger charge is 2.44. The fraction of sp³-hybridized carbons (Fsp3) is 0.118. The Kier molecular flexibility index (Phi) is 5.14. The highest BCUT2D eigenvalue weighted by Crippen LogP contribution is 2.32. The molecule has 0 atom stereocenters. The number of esters is 1. The Labute approximate surface area is 145 Å². The first-order valence-electron chi connectivity index (χ1n) is 7.12. The monoisotopic (exact) mass is 366 g/mol. The second-order valence-corrected chi connectivity index (χ2v) is 5.98. The number of halogens is 2. The van der Waals surface area contributed by atoms with Crippen LogP contribution >= 0.6 is 12.0 Å². The van der Waals surface area contributed by atoms with Crippen molar-refractivity contribution >= 4 is 39.6 Å². The summed E-state index contributed by atoms with van der Waals surface area (Å²) in [6.45, 7) is -0.325. The number of carbonyl (C=O) groups excluding carboxylic acids is 1. The zero-order valence-electron chi connectivity index (χ0n) is 12.6. The molecule has 3 aromatic rings. The Morgan fingerprint density at radius 1 is 1.04 bits per heavy atom. The van der Waals surface area contributed by atoms with Crippen molar-refractivity contribution in [3.8, 4) is 0 Å². The number of fused-ring (bicyclic) bond motifs is 3. The highest BCUT2D eigenvalue weighted by atomic mass is 32.2. The lowest BCUT2D eigenvalue weighted by Gasteiger charge is -2.12. The summed E-state index contributed by atoms with van der Waals surface area (Å²) < 4.78 is 34.9. The zero-order chi connectivity index (χ0) is 17.9. The van der Waals surface area contributed by atoms with Crippen molar-refractivity contribution in [2.24, 2.45) is 0 Å². The van der Waals surface area contributed by atoms with Crippen LogP contribution in [0.15, 0.2) is 54.6 Å². The summed E-state index contributed by atoms with van der Waals surface area (Å²) in [4.78, 5) is 11.4. The lowest BCUT2D eigenvalue weighted by Crippen LogP contribution is -2.27. The lowest BCUT2D eigenvalue weighted by atomic mass is 10.0. The van der Waals surface area contributed by atoms with E-state index in [0.717, 1.165) is 21.5 Å². The largest absolute Gasteiger partial charge is 0.456 e. The predicted molar refractivity (Wildman–Crippen MR) is 88.6 cm³/mol. The molecular weight excluding hydrogens is 354 g/mol. The van der Waals surface area contributed by atoms with Crippen molar-refractivity contribution in [2.75, 3.05) is 0 Å². The van der Waals surface area contributed by atoms with Gasteiger partial charge in [-0.3, -0.25) is 0 Å². The molecule has 0 saturated heterocycles. The highest BCUT2D eigenvalue weighted by molar-refractivity contribution is 7.96. The SMILES string of the molecule is O=C(OCc1ccc2ccc3ccccc3c2c1)C(F)(F)SOOO. The summed E-state index contributed by atoms with van der Waals surface area (Å²) in [7, 11) is 0. The van der Waals surface area contributed by atoms with Crippen molar-refractivity contribution in [2.45, 2.75) is 11.9 Å². The van der Waals surface area contributed by atoms with Gasteiger partial charge in [-0.15, -0.1) is 4.33 Å². The van der Waals surface area contributed by atoms with Gasteiger partial charge in [-0.05, 0) is 33.2 Å². The molecule has 0 fully saturated rings. The number of benzene rings is 3. The summed E-state index contributed by atoms with van der Waals surface area (Å²) in [5.74, 6) is -1.80. The molecule has 0 amide bonds. The second kappa shape index (κ2) is 7.32. The predicted octanol–water partition coefficient (Wildman–Crippen LogP) is 4.70.